The molecule has 1 aromatic carbocycles. The van der Waals surface area contributed by atoms with Crippen molar-refractivity contribution >= 4 is 5.96 Å². The minimum atomic E-state index is -0.208. The second kappa shape index (κ2) is 6.25. The van der Waals surface area contributed by atoms with E-state index < -0.39 is 0 Å². The number of nitrogens with zero attached hydrogens (tertiary/aromatic N) is 2. The number of aliphatic imine (C=N–C) groups is 1. The van der Waals surface area contributed by atoms with E-state index in [0.29, 0.717) is 12.5 Å². The van der Waals surface area contributed by atoms with Crippen molar-refractivity contribution in [2.75, 3.05) is 19.6 Å². The number of rotatable bonds is 3. The maximum absolute atomic E-state index is 13.0. The van der Waals surface area contributed by atoms with Crippen molar-refractivity contribution in [3.8, 4) is 0 Å². The van der Waals surface area contributed by atoms with Gasteiger partial charge in [0, 0.05) is 18.5 Å². The molecule has 2 N–H and O–H groups in total. The van der Waals surface area contributed by atoms with E-state index in [1.165, 1.54) is 31.4 Å². The van der Waals surface area contributed by atoms with Crippen LogP contribution in [0, 0.1) is 5.82 Å². The summed E-state index contributed by atoms with van der Waals surface area (Å²) in [5.74, 6) is 0.431. The van der Waals surface area contributed by atoms with Gasteiger partial charge in [-0.25, -0.2) is 4.39 Å². The van der Waals surface area contributed by atoms with Crippen LogP contribution in [-0.2, 0) is 5.41 Å². The minimum Gasteiger partial charge on any atom is -0.370 e. The van der Waals surface area contributed by atoms with Crippen LogP contribution < -0.4 is 5.73 Å². The van der Waals surface area contributed by atoms with Crippen LogP contribution in [0.2, 0.25) is 0 Å². The van der Waals surface area contributed by atoms with Gasteiger partial charge in [0.2, 0.25) is 0 Å². The molecule has 0 unspecified atom stereocenters. The number of benzene rings is 1. The second-order valence-corrected chi connectivity index (χ2v) is 6.11. The Bertz CT molecular complexity index is 459. The molecule has 1 heterocycles. The summed E-state index contributed by atoms with van der Waals surface area (Å²) in [5, 5.41) is 0. The van der Waals surface area contributed by atoms with Gasteiger partial charge in [-0.2, -0.15) is 0 Å². The lowest BCUT2D eigenvalue weighted by Gasteiger charge is -2.29. The molecule has 1 aliphatic heterocycles. The van der Waals surface area contributed by atoms with Crippen molar-refractivity contribution in [2.45, 2.75) is 38.5 Å². The van der Waals surface area contributed by atoms with Gasteiger partial charge >= 0.3 is 0 Å². The van der Waals surface area contributed by atoms with E-state index in [4.69, 9.17) is 5.73 Å². The Morgan fingerprint density at radius 1 is 1.20 bits per heavy atom. The van der Waals surface area contributed by atoms with Gasteiger partial charge in [0.1, 0.15) is 5.82 Å². The van der Waals surface area contributed by atoms with Crippen LogP contribution in [0.3, 0.4) is 0 Å². The Morgan fingerprint density at radius 2 is 1.80 bits per heavy atom. The van der Waals surface area contributed by atoms with Crippen LogP contribution in [0.5, 0.6) is 0 Å². The third-order valence-electron chi connectivity index (χ3n) is 3.94. The molecule has 1 aliphatic rings. The van der Waals surface area contributed by atoms with Gasteiger partial charge in [-0.15, -0.1) is 0 Å². The molecule has 0 spiro atoms. The van der Waals surface area contributed by atoms with Crippen molar-refractivity contribution in [2.24, 2.45) is 10.7 Å². The highest BCUT2D eigenvalue weighted by molar-refractivity contribution is 5.78. The Balaban J connectivity index is 2.01. The third-order valence-corrected chi connectivity index (χ3v) is 3.94. The van der Waals surface area contributed by atoms with E-state index in [0.717, 1.165) is 18.7 Å². The number of nitrogens with two attached hydrogens (primary N) is 1. The van der Waals surface area contributed by atoms with Crippen molar-refractivity contribution in [1.29, 1.82) is 0 Å². The van der Waals surface area contributed by atoms with Crippen molar-refractivity contribution in [1.82, 2.24) is 4.90 Å². The number of guanidine groups is 1. The number of halogens is 1. The molecule has 1 aromatic rings. The molecule has 1 fully saturated rings. The summed E-state index contributed by atoms with van der Waals surface area (Å²) in [6.07, 6.45) is 3.67. The molecule has 20 heavy (non-hydrogen) atoms. The fourth-order valence-electron chi connectivity index (χ4n) is 2.49. The van der Waals surface area contributed by atoms with Gasteiger partial charge in [0.15, 0.2) is 5.96 Å². The highest BCUT2D eigenvalue weighted by Crippen LogP contribution is 2.23. The number of likely N-dealkylation sites (tertiary alicyclic amines) is 1. The zero-order valence-electron chi connectivity index (χ0n) is 12.4. The van der Waals surface area contributed by atoms with Crippen LogP contribution in [-0.4, -0.2) is 30.5 Å². The van der Waals surface area contributed by atoms with Gasteiger partial charge < -0.3 is 10.6 Å². The first-order chi connectivity index (χ1) is 9.49. The summed E-state index contributed by atoms with van der Waals surface area (Å²) in [5.41, 5.74) is 7.01. The number of piperidine rings is 1. The monoisotopic (exact) mass is 277 g/mol. The second-order valence-electron chi connectivity index (χ2n) is 6.11. The van der Waals surface area contributed by atoms with Gasteiger partial charge in [0.25, 0.3) is 0 Å². The fraction of sp³-hybridized carbons (Fsp3) is 0.562. The van der Waals surface area contributed by atoms with Gasteiger partial charge in [-0.1, -0.05) is 26.0 Å². The van der Waals surface area contributed by atoms with E-state index in [-0.39, 0.29) is 11.2 Å². The quantitative estimate of drug-likeness (QED) is 0.682. The van der Waals surface area contributed by atoms with E-state index in [1.807, 2.05) is 12.1 Å². The van der Waals surface area contributed by atoms with E-state index in [2.05, 4.69) is 23.7 Å². The van der Waals surface area contributed by atoms with Crippen LogP contribution >= 0.6 is 0 Å². The van der Waals surface area contributed by atoms with Crippen molar-refractivity contribution in [3.05, 3.63) is 35.6 Å². The molecule has 0 aliphatic carbocycles. The first-order valence-electron chi connectivity index (χ1n) is 7.30. The van der Waals surface area contributed by atoms with E-state index >= 15 is 0 Å². The molecular formula is C16H24FN3. The summed E-state index contributed by atoms with van der Waals surface area (Å²) >= 11 is 0. The summed E-state index contributed by atoms with van der Waals surface area (Å²) < 4.78 is 13.0. The zero-order valence-corrected chi connectivity index (χ0v) is 12.4. The first-order valence-corrected chi connectivity index (χ1v) is 7.30. The predicted molar refractivity (Wildman–Crippen MR) is 81.3 cm³/mol. The molecule has 1 saturated heterocycles. The zero-order chi connectivity index (χ0) is 14.6. The summed E-state index contributed by atoms with van der Waals surface area (Å²) in [4.78, 5) is 6.70. The Kier molecular flexibility index (Phi) is 4.63. The average molecular weight is 277 g/mol. The smallest absolute Gasteiger partial charge is 0.191 e. The molecule has 0 bridgehead atoms. The normalized spacial score (nSPS) is 17.4. The molecule has 0 atom stereocenters. The maximum atomic E-state index is 13.0. The Hall–Kier alpha value is -1.58. The van der Waals surface area contributed by atoms with Gasteiger partial charge in [-0.3, -0.25) is 4.99 Å². The predicted octanol–water partition coefficient (Wildman–Crippen LogP) is 2.90. The Labute approximate surface area is 120 Å². The average Bonchev–Trinajstić information content (AvgIpc) is 2.46. The third kappa shape index (κ3) is 3.71. The fourth-order valence-corrected chi connectivity index (χ4v) is 2.49. The molecule has 110 valence electrons. The Morgan fingerprint density at radius 3 is 2.40 bits per heavy atom. The van der Waals surface area contributed by atoms with Crippen LogP contribution in [0.15, 0.2) is 29.3 Å². The molecule has 0 aromatic heterocycles. The molecule has 2 rings (SSSR count). The lowest BCUT2D eigenvalue weighted by Crippen LogP contribution is -2.41. The van der Waals surface area contributed by atoms with E-state index in [1.54, 1.807) is 0 Å². The molecule has 0 radical (unpaired) electrons. The van der Waals surface area contributed by atoms with Gasteiger partial charge in [-0.05, 0) is 37.0 Å². The summed E-state index contributed by atoms with van der Waals surface area (Å²) in [7, 11) is 0. The van der Waals surface area contributed by atoms with Crippen LogP contribution in [0.4, 0.5) is 4.39 Å². The minimum absolute atomic E-state index is 0.145. The molecular weight excluding hydrogens is 253 g/mol. The molecule has 0 saturated carbocycles. The standard InChI is InChI=1S/C16H24FN3/c1-16(2,13-6-8-14(17)9-7-13)12-19-15(18)20-10-4-3-5-11-20/h6-9H,3-5,10-12H2,1-2H3,(H2,18,19). The molecule has 3 nitrogen and oxygen atoms in total. The SMILES string of the molecule is CC(C)(CN=C(N)N1CCCCC1)c1ccc(F)cc1. The topological polar surface area (TPSA) is 41.6 Å². The van der Waals surface area contributed by atoms with Crippen molar-refractivity contribution < 1.29 is 4.39 Å². The highest BCUT2D eigenvalue weighted by atomic mass is 19.1. The molecule has 0 amide bonds. The van der Waals surface area contributed by atoms with Crippen LogP contribution in [0.25, 0.3) is 0 Å². The van der Waals surface area contributed by atoms with Gasteiger partial charge in [0.05, 0.1) is 6.54 Å². The lowest BCUT2D eigenvalue weighted by molar-refractivity contribution is 0.337. The van der Waals surface area contributed by atoms with E-state index in [9.17, 15) is 4.39 Å². The summed E-state index contributed by atoms with van der Waals surface area (Å²) in [6, 6.07) is 6.63. The number of hydrogen-bond donors (Lipinski definition) is 1. The highest BCUT2D eigenvalue weighted by Gasteiger charge is 2.21. The summed E-state index contributed by atoms with van der Waals surface area (Å²) in [6.45, 7) is 6.83. The molecule has 4 heteroatoms. The maximum Gasteiger partial charge on any atom is 0.191 e. The largest absolute Gasteiger partial charge is 0.370 e. The van der Waals surface area contributed by atoms with Crippen LogP contribution in [0.1, 0.15) is 38.7 Å². The first kappa shape index (κ1) is 14.8. The lowest BCUT2D eigenvalue weighted by atomic mass is 9.85. The number of hydrogen-bond acceptors (Lipinski definition) is 1. The van der Waals surface area contributed by atoms with Crippen molar-refractivity contribution in [3.63, 3.8) is 0 Å².